The summed E-state index contributed by atoms with van der Waals surface area (Å²) in [6.07, 6.45) is 0.830. The second kappa shape index (κ2) is 7.79. The van der Waals surface area contributed by atoms with E-state index < -0.39 is 0 Å². The number of nitrogens with zero attached hydrogens (tertiary/aromatic N) is 3. The Morgan fingerprint density at radius 2 is 1.96 bits per heavy atom. The molecule has 130 valence electrons. The Morgan fingerprint density at radius 3 is 2.72 bits per heavy atom. The lowest BCUT2D eigenvalue weighted by atomic mass is 10.2. The molecule has 2 heterocycles. The molecule has 2 aromatic heterocycles. The van der Waals surface area contributed by atoms with Crippen LogP contribution in [0.1, 0.15) is 22.7 Å². The second-order valence-corrected chi connectivity index (χ2v) is 5.90. The maximum Gasteiger partial charge on any atom is 0.191 e. The van der Waals surface area contributed by atoms with Crippen molar-refractivity contribution in [2.75, 3.05) is 13.6 Å². The van der Waals surface area contributed by atoms with E-state index in [1.54, 1.807) is 7.05 Å². The third-order valence-electron chi connectivity index (χ3n) is 4.17. The molecule has 0 saturated heterocycles. The van der Waals surface area contributed by atoms with Gasteiger partial charge in [-0.15, -0.1) is 0 Å². The molecule has 0 spiro atoms. The van der Waals surface area contributed by atoms with Gasteiger partial charge in [-0.1, -0.05) is 29.4 Å². The number of fused-ring (bicyclic) bond motifs is 1. The van der Waals surface area contributed by atoms with Gasteiger partial charge >= 0.3 is 0 Å². The van der Waals surface area contributed by atoms with Crippen LogP contribution >= 0.6 is 0 Å². The summed E-state index contributed by atoms with van der Waals surface area (Å²) in [5.41, 5.74) is 4.06. The highest BCUT2D eigenvalue weighted by Crippen LogP contribution is 2.12. The van der Waals surface area contributed by atoms with Crippen molar-refractivity contribution in [1.29, 1.82) is 0 Å². The zero-order valence-electron chi connectivity index (χ0n) is 14.8. The number of aryl methyl sites for hydroxylation is 2. The number of hydrogen-bond donors (Lipinski definition) is 2. The fourth-order valence-corrected chi connectivity index (χ4v) is 2.70. The van der Waals surface area contributed by atoms with Crippen LogP contribution in [-0.4, -0.2) is 29.7 Å². The van der Waals surface area contributed by atoms with E-state index in [2.05, 4.69) is 44.0 Å². The molecule has 0 unspecified atom stereocenters. The minimum atomic E-state index is 0.634. The second-order valence-electron chi connectivity index (χ2n) is 5.90. The Hall–Kier alpha value is -2.89. The van der Waals surface area contributed by atoms with Gasteiger partial charge in [-0.2, -0.15) is 0 Å². The Kier molecular flexibility index (Phi) is 5.28. The van der Waals surface area contributed by atoms with Crippen molar-refractivity contribution in [3.05, 3.63) is 59.1 Å². The normalized spacial score (nSPS) is 11.7. The van der Waals surface area contributed by atoms with Gasteiger partial charge in [0.2, 0.25) is 0 Å². The number of guanidine groups is 1. The number of pyridine rings is 1. The first-order valence-electron chi connectivity index (χ1n) is 8.38. The van der Waals surface area contributed by atoms with E-state index in [0.717, 1.165) is 52.5 Å². The first-order valence-corrected chi connectivity index (χ1v) is 8.38. The van der Waals surface area contributed by atoms with Gasteiger partial charge in [0.25, 0.3) is 0 Å². The Bertz CT molecular complexity index is 865. The summed E-state index contributed by atoms with van der Waals surface area (Å²) >= 11 is 0. The highest BCUT2D eigenvalue weighted by molar-refractivity contribution is 5.80. The number of para-hydroxylation sites is 1. The van der Waals surface area contributed by atoms with E-state index in [4.69, 9.17) is 4.52 Å². The van der Waals surface area contributed by atoms with Gasteiger partial charge in [0, 0.05) is 43.2 Å². The molecule has 0 fully saturated rings. The number of nitrogens with one attached hydrogen (secondary N) is 2. The highest BCUT2D eigenvalue weighted by atomic mass is 16.5. The van der Waals surface area contributed by atoms with E-state index in [1.807, 2.05) is 32.0 Å². The van der Waals surface area contributed by atoms with Crippen molar-refractivity contribution in [3.63, 3.8) is 0 Å². The first kappa shape index (κ1) is 17.0. The van der Waals surface area contributed by atoms with E-state index >= 15 is 0 Å². The van der Waals surface area contributed by atoms with Gasteiger partial charge in [-0.3, -0.25) is 9.98 Å². The number of aromatic nitrogens is 2. The predicted octanol–water partition coefficient (Wildman–Crippen LogP) is 2.75. The van der Waals surface area contributed by atoms with E-state index in [0.29, 0.717) is 6.54 Å². The summed E-state index contributed by atoms with van der Waals surface area (Å²) < 4.78 is 5.18. The lowest BCUT2D eigenvalue weighted by Gasteiger charge is -2.11. The van der Waals surface area contributed by atoms with Crippen molar-refractivity contribution in [2.45, 2.75) is 26.8 Å². The van der Waals surface area contributed by atoms with Gasteiger partial charge in [0.05, 0.1) is 11.2 Å². The van der Waals surface area contributed by atoms with Crippen LogP contribution in [0.4, 0.5) is 0 Å². The topological polar surface area (TPSA) is 75.3 Å². The van der Waals surface area contributed by atoms with Crippen molar-refractivity contribution in [1.82, 2.24) is 20.8 Å². The minimum absolute atomic E-state index is 0.634. The lowest BCUT2D eigenvalue weighted by Crippen LogP contribution is -2.38. The van der Waals surface area contributed by atoms with Crippen LogP contribution in [0.2, 0.25) is 0 Å². The van der Waals surface area contributed by atoms with Crippen molar-refractivity contribution < 1.29 is 4.52 Å². The quantitative estimate of drug-likeness (QED) is 0.553. The molecule has 6 nitrogen and oxygen atoms in total. The Morgan fingerprint density at radius 1 is 1.12 bits per heavy atom. The van der Waals surface area contributed by atoms with E-state index in [1.165, 1.54) is 0 Å². The van der Waals surface area contributed by atoms with Crippen molar-refractivity contribution >= 4 is 16.9 Å². The molecule has 0 aliphatic heterocycles. The SMILES string of the molecule is CN=C(NCCc1ccc2ccccc2n1)NCc1c(C)noc1C. The van der Waals surface area contributed by atoms with Crippen molar-refractivity contribution in [2.24, 2.45) is 4.99 Å². The standard InChI is InChI=1S/C19H23N5O/c1-13-17(14(2)25-24-13)12-22-19(20-3)21-11-10-16-9-8-15-6-4-5-7-18(15)23-16/h4-9H,10-12H2,1-3H3,(H2,20,21,22). The first-order chi connectivity index (χ1) is 12.2. The number of hydrogen-bond acceptors (Lipinski definition) is 4. The number of benzene rings is 1. The monoisotopic (exact) mass is 337 g/mol. The maximum absolute atomic E-state index is 5.18. The summed E-state index contributed by atoms with van der Waals surface area (Å²) in [7, 11) is 1.76. The molecule has 0 aliphatic rings. The zero-order valence-corrected chi connectivity index (χ0v) is 14.8. The molecule has 25 heavy (non-hydrogen) atoms. The number of aliphatic imine (C=N–C) groups is 1. The van der Waals surface area contributed by atoms with Crippen LogP contribution in [0.15, 0.2) is 45.9 Å². The van der Waals surface area contributed by atoms with Gasteiger partial charge < -0.3 is 15.2 Å². The largest absolute Gasteiger partial charge is 0.361 e. The summed E-state index contributed by atoms with van der Waals surface area (Å²) in [4.78, 5) is 8.94. The maximum atomic E-state index is 5.18. The molecule has 0 bridgehead atoms. The zero-order chi connectivity index (χ0) is 17.6. The van der Waals surface area contributed by atoms with E-state index in [-0.39, 0.29) is 0 Å². The Balaban J connectivity index is 1.52. The summed E-state index contributed by atoms with van der Waals surface area (Å²) in [6.45, 7) is 5.25. The summed E-state index contributed by atoms with van der Waals surface area (Å²) in [6, 6.07) is 12.3. The van der Waals surface area contributed by atoms with Crippen LogP contribution in [0.3, 0.4) is 0 Å². The molecule has 6 heteroatoms. The van der Waals surface area contributed by atoms with Gasteiger partial charge in [0.1, 0.15) is 5.76 Å². The smallest absolute Gasteiger partial charge is 0.191 e. The number of rotatable bonds is 5. The third kappa shape index (κ3) is 4.15. The molecule has 0 aliphatic carbocycles. The molecule has 0 radical (unpaired) electrons. The summed E-state index contributed by atoms with van der Waals surface area (Å²) in [5, 5.41) is 11.7. The minimum Gasteiger partial charge on any atom is -0.361 e. The molecule has 0 amide bonds. The average molecular weight is 337 g/mol. The van der Waals surface area contributed by atoms with Gasteiger partial charge in [-0.25, -0.2) is 0 Å². The van der Waals surface area contributed by atoms with Gasteiger partial charge in [-0.05, 0) is 26.0 Å². The molecular weight excluding hydrogens is 314 g/mol. The Labute approximate surface area is 147 Å². The van der Waals surface area contributed by atoms with Crippen LogP contribution < -0.4 is 10.6 Å². The van der Waals surface area contributed by atoms with Crippen molar-refractivity contribution in [3.8, 4) is 0 Å². The average Bonchev–Trinajstić information content (AvgIpc) is 2.96. The van der Waals surface area contributed by atoms with Gasteiger partial charge in [0.15, 0.2) is 5.96 Å². The van der Waals surface area contributed by atoms with Crippen LogP contribution in [0.25, 0.3) is 10.9 Å². The molecular formula is C19H23N5O. The molecule has 0 saturated carbocycles. The highest BCUT2D eigenvalue weighted by Gasteiger charge is 2.09. The van der Waals surface area contributed by atoms with Crippen LogP contribution in [0, 0.1) is 13.8 Å². The lowest BCUT2D eigenvalue weighted by molar-refractivity contribution is 0.392. The molecule has 1 aromatic carbocycles. The molecule has 3 rings (SSSR count). The van der Waals surface area contributed by atoms with Crippen LogP contribution in [-0.2, 0) is 13.0 Å². The molecule has 3 aromatic rings. The molecule has 2 N–H and O–H groups in total. The fourth-order valence-electron chi connectivity index (χ4n) is 2.70. The van der Waals surface area contributed by atoms with E-state index in [9.17, 15) is 0 Å². The summed E-state index contributed by atoms with van der Waals surface area (Å²) in [5.74, 6) is 1.58. The van der Waals surface area contributed by atoms with Crippen LogP contribution in [0.5, 0.6) is 0 Å². The molecule has 0 atom stereocenters. The third-order valence-corrected chi connectivity index (χ3v) is 4.17. The predicted molar refractivity (Wildman–Crippen MR) is 99.6 cm³/mol. The fraction of sp³-hybridized carbons (Fsp3) is 0.316.